The summed E-state index contributed by atoms with van der Waals surface area (Å²) in [6, 6.07) is 18.5. The monoisotopic (exact) mass is 364 g/mol. The summed E-state index contributed by atoms with van der Waals surface area (Å²) < 4.78 is 10.9. The molecule has 1 heterocycles. The lowest BCUT2D eigenvalue weighted by Crippen LogP contribution is -2.11. The Morgan fingerprint density at radius 1 is 1.04 bits per heavy atom. The number of hydrogen-bond acceptors (Lipinski definition) is 4. The number of aromatic nitrogens is 1. The second-order valence-corrected chi connectivity index (χ2v) is 6.33. The third kappa shape index (κ3) is 5.45. The van der Waals surface area contributed by atoms with Crippen molar-refractivity contribution >= 4 is 11.8 Å². The largest absolute Gasteiger partial charge is 0.494 e. The second-order valence-electron chi connectivity index (χ2n) is 6.33. The van der Waals surface area contributed by atoms with Gasteiger partial charge in [-0.05, 0) is 30.7 Å². The van der Waals surface area contributed by atoms with E-state index in [0.29, 0.717) is 23.7 Å². The number of unbranched alkanes of at least 4 members (excludes halogenated alkanes) is 3. The van der Waals surface area contributed by atoms with E-state index in [1.165, 1.54) is 19.3 Å². The summed E-state index contributed by atoms with van der Waals surface area (Å²) in [5.74, 6) is 0.837. The van der Waals surface area contributed by atoms with E-state index in [4.69, 9.17) is 9.26 Å². The fourth-order valence-electron chi connectivity index (χ4n) is 2.68. The Kier molecular flexibility index (Phi) is 6.63. The number of anilines is 1. The van der Waals surface area contributed by atoms with Gasteiger partial charge in [-0.1, -0.05) is 61.7 Å². The molecule has 0 aliphatic heterocycles. The minimum absolute atomic E-state index is 0.250. The van der Waals surface area contributed by atoms with Crippen LogP contribution in [0.3, 0.4) is 0 Å². The summed E-state index contributed by atoms with van der Waals surface area (Å²) in [4.78, 5) is 12.4. The van der Waals surface area contributed by atoms with Crippen LogP contribution in [0.1, 0.15) is 43.0 Å². The predicted molar refractivity (Wildman–Crippen MR) is 106 cm³/mol. The Morgan fingerprint density at radius 2 is 1.81 bits per heavy atom. The lowest BCUT2D eigenvalue weighted by molar-refractivity contribution is 0.102. The summed E-state index contributed by atoms with van der Waals surface area (Å²) in [5, 5.41) is 6.72. The molecule has 0 saturated heterocycles. The topological polar surface area (TPSA) is 64.4 Å². The van der Waals surface area contributed by atoms with Crippen LogP contribution in [0, 0.1) is 0 Å². The fraction of sp³-hybridized carbons (Fsp3) is 0.273. The van der Waals surface area contributed by atoms with Crippen LogP contribution in [0.5, 0.6) is 5.75 Å². The van der Waals surface area contributed by atoms with Gasteiger partial charge in [-0.25, -0.2) is 0 Å². The number of ether oxygens (including phenoxy) is 1. The number of hydrogen-bond donors (Lipinski definition) is 1. The lowest BCUT2D eigenvalue weighted by atomic mass is 10.1. The van der Waals surface area contributed by atoms with Crippen molar-refractivity contribution in [3.63, 3.8) is 0 Å². The maximum absolute atomic E-state index is 12.4. The number of nitrogens with one attached hydrogen (secondary N) is 1. The first-order valence-corrected chi connectivity index (χ1v) is 9.32. The number of benzene rings is 2. The van der Waals surface area contributed by atoms with Crippen LogP contribution in [0.15, 0.2) is 65.2 Å². The van der Waals surface area contributed by atoms with Crippen LogP contribution in [-0.4, -0.2) is 17.7 Å². The molecule has 0 aliphatic rings. The molecule has 0 saturated carbocycles. The lowest BCUT2D eigenvalue weighted by Gasteiger charge is -2.07. The van der Waals surface area contributed by atoms with E-state index in [-0.39, 0.29) is 5.91 Å². The first kappa shape index (κ1) is 18.7. The fourth-order valence-corrected chi connectivity index (χ4v) is 2.68. The quantitative estimate of drug-likeness (QED) is 0.505. The van der Waals surface area contributed by atoms with Crippen LogP contribution in [0.2, 0.25) is 0 Å². The Hall–Kier alpha value is -3.08. The molecular weight excluding hydrogens is 340 g/mol. The van der Waals surface area contributed by atoms with Gasteiger partial charge in [0.05, 0.1) is 6.61 Å². The molecule has 5 nitrogen and oxygen atoms in total. The summed E-state index contributed by atoms with van der Waals surface area (Å²) >= 11 is 0. The Labute approximate surface area is 159 Å². The Balaban J connectivity index is 1.53. The number of carbonyl (C=O) groups is 1. The standard InChI is InChI=1S/C22H24N2O3/c1-2-3-4-8-15-26-19-13-11-18(12-14-19)22(25)23-21-16-20(24-27-21)17-9-6-5-7-10-17/h5-7,9-14,16H,2-4,8,15H2,1H3,(H,23,25). The van der Waals surface area contributed by atoms with Crippen molar-refractivity contribution in [3.8, 4) is 17.0 Å². The molecule has 1 amide bonds. The molecule has 5 heteroatoms. The van der Waals surface area contributed by atoms with E-state index in [1.54, 1.807) is 18.2 Å². The van der Waals surface area contributed by atoms with Gasteiger partial charge < -0.3 is 9.26 Å². The van der Waals surface area contributed by atoms with Crippen LogP contribution in [0.4, 0.5) is 5.88 Å². The maximum atomic E-state index is 12.4. The SMILES string of the molecule is CCCCCCOc1ccc(C(=O)Nc2cc(-c3ccccc3)no2)cc1. The molecule has 140 valence electrons. The molecule has 2 aromatic carbocycles. The van der Waals surface area contributed by atoms with Gasteiger partial charge in [-0.3, -0.25) is 10.1 Å². The molecule has 3 rings (SSSR count). The number of carbonyl (C=O) groups excluding carboxylic acids is 1. The van der Waals surface area contributed by atoms with Crippen molar-refractivity contribution in [3.05, 3.63) is 66.2 Å². The zero-order valence-electron chi connectivity index (χ0n) is 15.5. The van der Waals surface area contributed by atoms with Gasteiger partial charge in [0, 0.05) is 17.2 Å². The van der Waals surface area contributed by atoms with E-state index in [9.17, 15) is 4.79 Å². The first-order valence-electron chi connectivity index (χ1n) is 9.32. The third-order valence-electron chi connectivity index (χ3n) is 4.20. The van der Waals surface area contributed by atoms with Crippen LogP contribution < -0.4 is 10.1 Å². The van der Waals surface area contributed by atoms with Crippen LogP contribution >= 0.6 is 0 Å². The second kappa shape index (κ2) is 9.57. The Bertz CT molecular complexity index is 842. The van der Waals surface area contributed by atoms with Gasteiger partial charge >= 0.3 is 0 Å². The van der Waals surface area contributed by atoms with Gasteiger partial charge in [-0.2, -0.15) is 0 Å². The molecule has 1 aromatic heterocycles. The number of rotatable bonds is 9. The molecule has 0 unspecified atom stereocenters. The predicted octanol–water partition coefficient (Wildman–Crippen LogP) is 5.55. The molecule has 0 bridgehead atoms. The zero-order chi connectivity index (χ0) is 18.9. The first-order chi connectivity index (χ1) is 13.3. The van der Waals surface area contributed by atoms with Gasteiger partial charge in [0.1, 0.15) is 11.4 Å². The normalized spacial score (nSPS) is 10.6. The molecule has 1 N–H and O–H groups in total. The van der Waals surface area contributed by atoms with Crippen LogP contribution in [0.25, 0.3) is 11.3 Å². The van der Waals surface area contributed by atoms with Crippen molar-refractivity contribution < 1.29 is 14.1 Å². The van der Waals surface area contributed by atoms with E-state index in [1.807, 2.05) is 42.5 Å². The summed E-state index contributed by atoms with van der Waals surface area (Å²) in [5.41, 5.74) is 2.14. The molecule has 0 aliphatic carbocycles. The van der Waals surface area contributed by atoms with E-state index in [0.717, 1.165) is 17.7 Å². The summed E-state index contributed by atoms with van der Waals surface area (Å²) in [6.07, 6.45) is 4.67. The highest BCUT2D eigenvalue weighted by atomic mass is 16.5. The van der Waals surface area contributed by atoms with Crippen molar-refractivity contribution in [2.75, 3.05) is 11.9 Å². The maximum Gasteiger partial charge on any atom is 0.258 e. The van der Waals surface area contributed by atoms with Crippen molar-refractivity contribution in [1.82, 2.24) is 5.16 Å². The number of nitrogens with zero attached hydrogens (tertiary/aromatic N) is 1. The molecule has 27 heavy (non-hydrogen) atoms. The molecule has 0 radical (unpaired) electrons. The minimum Gasteiger partial charge on any atom is -0.494 e. The van der Waals surface area contributed by atoms with Crippen molar-refractivity contribution in [1.29, 1.82) is 0 Å². The van der Waals surface area contributed by atoms with E-state index in [2.05, 4.69) is 17.4 Å². The van der Waals surface area contributed by atoms with Gasteiger partial charge in [-0.15, -0.1) is 0 Å². The van der Waals surface area contributed by atoms with Gasteiger partial charge in [0.2, 0.25) is 5.88 Å². The highest BCUT2D eigenvalue weighted by Crippen LogP contribution is 2.22. The molecular formula is C22H24N2O3. The smallest absolute Gasteiger partial charge is 0.258 e. The van der Waals surface area contributed by atoms with Crippen molar-refractivity contribution in [2.45, 2.75) is 32.6 Å². The zero-order valence-corrected chi connectivity index (χ0v) is 15.5. The summed E-state index contributed by atoms with van der Waals surface area (Å²) in [6.45, 7) is 2.89. The van der Waals surface area contributed by atoms with E-state index >= 15 is 0 Å². The third-order valence-corrected chi connectivity index (χ3v) is 4.20. The summed E-state index contributed by atoms with van der Waals surface area (Å²) in [7, 11) is 0. The average molecular weight is 364 g/mol. The average Bonchev–Trinajstić information content (AvgIpc) is 3.17. The van der Waals surface area contributed by atoms with Gasteiger partial charge in [0.25, 0.3) is 5.91 Å². The molecule has 0 spiro atoms. The Morgan fingerprint density at radius 3 is 2.56 bits per heavy atom. The molecule has 0 fully saturated rings. The molecule has 3 aromatic rings. The van der Waals surface area contributed by atoms with Crippen LogP contribution in [-0.2, 0) is 0 Å². The minimum atomic E-state index is -0.250. The van der Waals surface area contributed by atoms with Gasteiger partial charge in [0.15, 0.2) is 0 Å². The van der Waals surface area contributed by atoms with Crippen molar-refractivity contribution in [2.24, 2.45) is 0 Å². The highest BCUT2D eigenvalue weighted by molar-refractivity contribution is 6.03. The highest BCUT2D eigenvalue weighted by Gasteiger charge is 2.11. The van der Waals surface area contributed by atoms with E-state index < -0.39 is 0 Å². The number of amides is 1. The molecule has 0 atom stereocenters.